The van der Waals surface area contributed by atoms with Crippen molar-refractivity contribution in [2.24, 2.45) is 0 Å². The summed E-state index contributed by atoms with van der Waals surface area (Å²) in [5.41, 5.74) is -0.246. The summed E-state index contributed by atoms with van der Waals surface area (Å²) in [5, 5.41) is 38.1. The molecule has 3 heterocycles. The van der Waals surface area contributed by atoms with Crippen molar-refractivity contribution in [2.45, 2.75) is 24.5 Å². The van der Waals surface area contributed by atoms with Crippen LogP contribution >= 0.6 is 0 Å². The molecule has 4 atom stereocenters. The second-order valence-electron chi connectivity index (χ2n) is 4.72. The fraction of sp³-hybridized carbons (Fsp3) is 0.417. The van der Waals surface area contributed by atoms with Crippen molar-refractivity contribution < 1.29 is 20.1 Å². The van der Waals surface area contributed by atoms with Gasteiger partial charge in [-0.15, -0.1) is 0 Å². The number of aliphatic hydroxyl groups excluding tert-OH is 3. The molecule has 1 aliphatic rings. The molecule has 0 aromatic carbocycles. The lowest BCUT2D eigenvalue weighted by Gasteiger charge is -2.16. The van der Waals surface area contributed by atoms with E-state index in [4.69, 9.17) is 15.1 Å². The van der Waals surface area contributed by atoms with Gasteiger partial charge in [-0.1, -0.05) is 0 Å². The molecule has 4 N–H and O–H groups in total. The van der Waals surface area contributed by atoms with Crippen LogP contribution in [0.2, 0.25) is 0 Å². The van der Waals surface area contributed by atoms with Crippen molar-refractivity contribution in [3.8, 4) is 6.07 Å². The standard InChI is InChI=1S/C12H12N4O5/c13-1-5-2-16(10-7(5)11(20)15-4-14-10)12-9(19)8(18)6(3-17)21-12/h2,4,6,8-9,12,17-19H,3H2,(H,14,15,20)/t6-,8+,9-,12-/m0/s1. The quantitative estimate of drug-likeness (QED) is 0.511. The summed E-state index contributed by atoms with van der Waals surface area (Å²) < 4.78 is 6.69. The minimum Gasteiger partial charge on any atom is -0.394 e. The number of H-pyrrole nitrogens is 1. The van der Waals surface area contributed by atoms with E-state index in [2.05, 4.69) is 9.97 Å². The van der Waals surface area contributed by atoms with Gasteiger partial charge >= 0.3 is 0 Å². The van der Waals surface area contributed by atoms with Crippen molar-refractivity contribution in [3.05, 3.63) is 28.4 Å². The average Bonchev–Trinajstić information content (AvgIpc) is 2.99. The van der Waals surface area contributed by atoms with E-state index in [-0.39, 0.29) is 16.6 Å². The number of nitriles is 1. The monoisotopic (exact) mass is 292 g/mol. The van der Waals surface area contributed by atoms with Crippen LogP contribution in [0, 0.1) is 11.3 Å². The van der Waals surface area contributed by atoms with E-state index in [1.807, 2.05) is 6.07 Å². The number of hydrogen-bond donors (Lipinski definition) is 4. The third kappa shape index (κ3) is 1.93. The Bertz CT molecular complexity index is 776. The van der Waals surface area contributed by atoms with E-state index >= 15 is 0 Å². The number of nitrogens with zero attached hydrogens (tertiary/aromatic N) is 3. The molecular weight excluding hydrogens is 280 g/mol. The van der Waals surface area contributed by atoms with Crippen LogP contribution in [0.3, 0.4) is 0 Å². The van der Waals surface area contributed by atoms with Crippen molar-refractivity contribution in [2.75, 3.05) is 6.61 Å². The first-order chi connectivity index (χ1) is 10.1. The SMILES string of the molecule is N#Cc1cn([C@H]2O[C@@H](CO)[C@@H](O)[C@@H]2O)c2nc[nH]c(=O)c12. The minimum absolute atomic E-state index is 0.0806. The normalized spacial score (nSPS) is 28.9. The minimum atomic E-state index is -1.31. The molecule has 0 unspecified atom stereocenters. The predicted molar refractivity (Wildman–Crippen MR) is 68.1 cm³/mol. The number of aliphatic hydroxyl groups is 3. The van der Waals surface area contributed by atoms with E-state index in [9.17, 15) is 15.0 Å². The van der Waals surface area contributed by atoms with Crippen LogP contribution in [-0.2, 0) is 4.74 Å². The molecule has 110 valence electrons. The van der Waals surface area contributed by atoms with Gasteiger partial charge in [0.2, 0.25) is 0 Å². The van der Waals surface area contributed by atoms with Gasteiger partial charge in [0.25, 0.3) is 5.56 Å². The number of rotatable bonds is 2. The largest absolute Gasteiger partial charge is 0.394 e. The number of hydrogen-bond acceptors (Lipinski definition) is 7. The second-order valence-corrected chi connectivity index (χ2v) is 4.72. The molecular formula is C12H12N4O5. The molecule has 1 fully saturated rings. The summed E-state index contributed by atoms with van der Waals surface area (Å²) in [5.74, 6) is 0. The highest BCUT2D eigenvalue weighted by Crippen LogP contribution is 2.32. The van der Waals surface area contributed by atoms with E-state index in [1.54, 1.807) is 0 Å². The van der Waals surface area contributed by atoms with Crippen molar-refractivity contribution >= 4 is 11.0 Å². The lowest BCUT2D eigenvalue weighted by atomic mass is 10.1. The second kappa shape index (κ2) is 4.94. The van der Waals surface area contributed by atoms with E-state index < -0.39 is 36.7 Å². The average molecular weight is 292 g/mol. The number of nitrogens with one attached hydrogen (secondary N) is 1. The molecule has 0 saturated carbocycles. The van der Waals surface area contributed by atoms with Crippen molar-refractivity contribution in [1.29, 1.82) is 5.26 Å². The lowest BCUT2D eigenvalue weighted by Crippen LogP contribution is -2.33. The van der Waals surface area contributed by atoms with Gasteiger partial charge in [0.05, 0.1) is 18.5 Å². The van der Waals surface area contributed by atoms with Crippen LogP contribution in [0.1, 0.15) is 11.8 Å². The fourth-order valence-corrected chi connectivity index (χ4v) is 2.48. The van der Waals surface area contributed by atoms with E-state index in [0.29, 0.717) is 0 Å². The van der Waals surface area contributed by atoms with Gasteiger partial charge in [-0.3, -0.25) is 4.79 Å². The smallest absolute Gasteiger partial charge is 0.261 e. The van der Waals surface area contributed by atoms with E-state index in [1.165, 1.54) is 17.1 Å². The summed E-state index contributed by atoms with van der Waals surface area (Å²) in [4.78, 5) is 18.2. The number of aromatic amines is 1. The molecule has 9 nitrogen and oxygen atoms in total. The van der Waals surface area contributed by atoms with Crippen LogP contribution in [-0.4, -0.2) is 54.8 Å². The maximum absolute atomic E-state index is 11.8. The van der Waals surface area contributed by atoms with Gasteiger partial charge in [0.1, 0.15) is 29.8 Å². The van der Waals surface area contributed by atoms with Crippen LogP contribution < -0.4 is 5.56 Å². The van der Waals surface area contributed by atoms with Gasteiger partial charge in [-0.2, -0.15) is 5.26 Å². The molecule has 21 heavy (non-hydrogen) atoms. The molecule has 2 aromatic heterocycles. The Labute approximate surface area is 117 Å². The Morgan fingerprint density at radius 1 is 1.48 bits per heavy atom. The van der Waals surface area contributed by atoms with Gasteiger partial charge < -0.3 is 29.6 Å². The van der Waals surface area contributed by atoms with Crippen LogP contribution in [0.4, 0.5) is 0 Å². The first kappa shape index (κ1) is 13.7. The summed E-state index contributed by atoms with van der Waals surface area (Å²) >= 11 is 0. The molecule has 9 heteroatoms. The topological polar surface area (TPSA) is 144 Å². The molecule has 1 saturated heterocycles. The lowest BCUT2D eigenvalue weighted by molar-refractivity contribution is -0.0508. The fourth-order valence-electron chi connectivity index (χ4n) is 2.48. The third-order valence-corrected chi connectivity index (χ3v) is 3.53. The maximum atomic E-state index is 11.8. The van der Waals surface area contributed by atoms with Gasteiger partial charge in [-0.05, 0) is 0 Å². The molecule has 0 aliphatic carbocycles. The molecule has 0 amide bonds. The predicted octanol–water partition coefficient (Wildman–Crippen LogP) is -1.79. The summed E-state index contributed by atoms with van der Waals surface area (Å²) in [6, 6.07) is 1.88. The van der Waals surface area contributed by atoms with Crippen molar-refractivity contribution in [3.63, 3.8) is 0 Å². The summed E-state index contributed by atoms with van der Waals surface area (Å²) in [6.07, 6.45) is -2.09. The van der Waals surface area contributed by atoms with Crippen LogP contribution in [0.15, 0.2) is 17.3 Å². The zero-order chi connectivity index (χ0) is 15.1. The Balaban J connectivity index is 2.17. The number of ether oxygens (including phenoxy) is 1. The highest BCUT2D eigenvalue weighted by molar-refractivity contribution is 5.82. The third-order valence-electron chi connectivity index (χ3n) is 3.53. The highest BCUT2D eigenvalue weighted by atomic mass is 16.6. The Morgan fingerprint density at radius 3 is 2.86 bits per heavy atom. The Hall–Kier alpha value is -2.25. The van der Waals surface area contributed by atoms with Gasteiger partial charge in [-0.25, -0.2) is 4.98 Å². The first-order valence-corrected chi connectivity index (χ1v) is 6.19. The zero-order valence-electron chi connectivity index (χ0n) is 10.7. The van der Waals surface area contributed by atoms with Crippen molar-refractivity contribution in [1.82, 2.24) is 14.5 Å². The molecule has 0 spiro atoms. The summed E-state index contributed by atoms with van der Waals surface area (Å²) in [7, 11) is 0. The van der Waals surface area contributed by atoms with Crippen LogP contribution in [0.25, 0.3) is 11.0 Å². The number of aromatic nitrogens is 3. The number of fused-ring (bicyclic) bond motifs is 1. The summed E-state index contributed by atoms with van der Waals surface area (Å²) in [6.45, 7) is -0.465. The molecule has 3 rings (SSSR count). The molecule has 1 aliphatic heterocycles. The maximum Gasteiger partial charge on any atom is 0.261 e. The molecule has 0 bridgehead atoms. The van der Waals surface area contributed by atoms with Gasteiger partial charge in [0.15, 0.2) is 11.9 Å². The molecule has 2 aromatic rings. The highest BCUT2D eigenvalue weighted by Gasteiger charge is 2.44. The Morgan fingerprint density at radius 2 is 2.24 bits per heavy atom. The van der Waals surface area contributed by atoms with Crippen LogP contribution in [0.5, 0.6) is 0 Å². The van der Waals surface area contributed by atoms with E-state index in [0.717, 1.165) is 0 Å². The zero-order valence-corrected chi connectivity index (χ0v) is 10.7. The van der Waals surface area contributed by atoms with Gasteiger partial charge in [0, 0.05) is 6.20 Å². The Kier molecular flexibility index (Phi) is 3.23. The molecule has 0 radical (unpaired) electrons. The first-order valence-electron chi connectivity index (χ1n) is 6.19.